The third kappa shape index (κ3) is 4.02. The van der Waals surface area contributed by atoms with Crippen molar-refractivity contribution < 1.29 is 0 Å². The fourth-order valence-electron chi connectivity index (χ4n) is 6.82. The number of nitrogens with one attached hydrogen (secondary N) is 2. The number of nitrogens with two attached hydrogens (primary N) is 1. The molecular formula is C26H41N3S. The van der Waals surface area contributed by atoms with Crippen LogP contribution in [0.5, 0.6) is 0 Å². The van der Waals surface area contributed by atoms with Crippen molar-refractivity contribution in [2.24, 2.45) is 11.7 Å². The van der Waals surface area contributed by atoms with Crippen LogP contribution in [0.3, 0.4) is 0 Å². The van der Waals surface area contributed by atoms with Crippen LogP contribution in [0.1, 0.15) is 102 Å². The summed E-state index contributed by atoms with van der Waals surface area (Å²) in [5, 5.41) is 8.21. The molecule has 0 bridgehead atoms. The maximum absolute atomic E-state index is 6.36. The van der Waals surface area contributed by atoms with Crippen LogP contribution in [0.15, 0.2) is 18.2 Å². The van der Waals surface area contributed by atoms with Crippen molar-refractivity contribution in [2.75, 3.05) is 0 Å². The molecule has 3 nitrogen and oxygen atoms in total. The molecule has 0 unspecified atom stereocenters. The first-order valence-electron chi connectivity index (χ1n) is 12.2. The first kappa shape index (κ1) is 22.1. The predicted octanol–water partition coefficient (Wildman–Crippen LogP) is 5.31. The minimum Gasteiger partial charge on any atom is -0.358 e. The molecule has 0 heterocycles. The van der Waals surface area contributed by atoms with Gasteiger partial charge in [0.1, 0.15) is 0 Å². The van der Waals surface area contributed by atoms with Gasteiger partial charge < -0.3 is 16.4 Å². The Morgan fingerprint density at radius 1 is 1.10 bits per heavy atom. The molecule has 3 aliphatic rings. The van der Waals surface area contributed by atoms with Crippen LogP contribution in [0.25, 0.3) is 0 Å². The van der Waals surface area contributed by atoms with Crippen molar-refractivity contribution in [1.29, 1.82) is 0 Å². The van der Waals surface area contributed by atoms with Gasteiger partial charge in [-0.1, -0.05) is 58.2 Å². The molecule has 0 aliphatic heterocycles. The summed E-state index contributed by atoms with van der Waals surface area (Å²) >= 11 is 5.82. The van der Waals surface area contributed by atoms with E-state index in [4.69, 9.17) is 18.0 Å². The van der Waals surface area contributed by atoms with E-state index in [0.29, 0.717) is 17.9 Å². The molecule has 4 heteroatoms. The van der Waals surface area contributed by atoms with Crippen molar-refractivity contribution >= 4 is 17.3 Å². The molecule has 5 atom stereocenters. The van der Waals surface area contributed by atoms with Gasteiger partial charge in [0.05, 0.1) is 0 Å². The number of aryl methyl sites for hydroxylation is 1. The monoisotopic (exact) mass is 427 g/mol. The zero-order chi connectivity index (χ0) is 21.5. The Hall–Kier alpha value is -1.13. The second-order valence-corrected chi connectivity index (χ2v) is 11.4. The van der Waals surface area contributed by atoms with Gasteiger partial charge in [0.2, 0.25) is 0 Å². The van der Waals surface area contributed by atoms with E-state index in [0.717, 1.165) is 18.0 Å². The third-order valence-corrected chi connectivity index (χ3v) is 8.80. The molecule has 3 aliphatic carbocycles. The van der Waals surface area contributed by atoms with Gasteiger partial charge in [-0.2, -0.15) is 0 Å². The third-order valence-electron chi connectivity index (χ3n) is 8.58. The summed E-state index contributed by atoms with van der Waals surface area (Å²) in [6.07, 6.45) is 10.9. The molecule has 4 N–H and O–H groups in total. The predicted molar refractivity (Wildman–Crippen MR) is 131 cm³/mol. The second kappa shape index (κ2) is 8.43. The lowest BCUT2D eigenvalue weighted by Gasteiger charge is -2.56. The zero-order valence-corrected chi connectivity index (χ0v) is 20.2. The fourth-order valence-corrected chi connectivity index (χ4v) is 7.21. The average Bonchev–Trinajstić information content (AvgIpc) is 2.69. The van der Waals surface area contributed by atoms with E-state index in [9.17, 15) is 0 Å². The largest absolute Gasteiger partial charge is 0.358 e. The maximum Gasteiger partial charge on any atom is 0.166 e. The Balaban J connectivity index is 1.53. The molecule has 30 heavy (non-hydrogen) atoms. The van der Waals surface area contributed by atoms with Gasteiger partial charge in [0, 0.05) is 17.6 Å². The summed E-state index contributed by atoms with van der Waals surface area (Å²) in [4.78, 5) is 0. The van der Waals surface area contributed by atoms with E-state index in [1.807, 2.05) is 0 Å². The molecule has 1 aromatic carbocycles. The Bertz CT molecular complexity index is 790. The quantitative estimate of drug-likeness (QED) is 0.573. The van der Waals surface area contributed by atoms with Crippen LogP contribution in [0.2, 0.25) is 0 Å². The van der Waals surface area contributed by atoms with Gasteiger partial charge in [-0.05, 0) is 91.6 Å². The minimum absolute atomic E-state index is 0.0320. The first-order valence-corrected chi connectivity index (χ1v) is 12.6. The number of hydrogen-bond acceptors (Lipinski definition) is 2. The van der Waals surface area contributed by atoms with Gasteiger partial charge >= 0.3 is 0 Å². The summed E-state index contributed by atoms with van der Waals surface area (Å²) in [7, 11) is 0. The fraction of sp³-hybridized carbons (Fsp3) is 0.731. The summed E-state index contributed by atoms with van der Waals surface area (Å²) in [6, 6.07) is 7.84. The van der Waals surface area contributed by atoms with E-state index in [1.165, 1.54) is 50.5 Å². The van der Waals surface area contributed by atoms with Gasteiger partial charge in [-0.3, -0.25) is 0 Å². The van der Waals surface area contributed by atoms with Crippen LogP contribution < -0.4 is 16.4 Å². The molecule has 0 amide bonds. The molecule has 0 spiro atoms. The molecule has 2 saturated carbocycles. The number of benzene rings is 1. The summed E-state index contributed by atoms with van der Waals surface area (Å²) in [6.45, 7) is 9.51. The van der Waals surface area contributed by atoms with Crippen LogP contribution in [0.4, 0.5) is 0 Å². The topological polar surface area (TPSA) is 50.1 Å². The van der Waals surface area contributed by atoms with Gasteiger partial charge in [0.25, 0.3) is 0 Å². The van der Waals surface area contributed by atoms with Crippen LogP contribution in [-0.2, 0) is 11.8 Å². The van der Waals surface area contributed by atoms with E-state index < -0.39 is 0 Å². The number of thiocarbonyl (C=S) groups is 1. The van der Waals surface area contributed by atoms with E-state index in [-0.39, 0.29) is 17.0 Å². The second-order valence-electron chi connectivity index (χ2n) is 11.0. The summed E-state index contributed by atoms with van der Waals surface area (Å²) in [5.41, 5.74) is 11.3. The number of hydrogen-bond donors (Lipinski definition) is 3. The minimum atomic E-state index is 0.0320. The Morgan fingerprint density at radius 3 is 2.60 bits per heavy atom. The average molecular weight is 428 g/mol. The Kier molecular flexibility index (Phi) is 6.20. The van der Waals surface area contributed by atoms with Crippen LogP contribution in [-0.4, -0.2) is 22.7 Å². The molecule has 1 aromatic rings. The van der Waals surface area contributed by atoms with E-state index in [1.54, 1.807) is 11.1 Å². The highest BCUT2D eigenvalue weighted by atomic mass is 32.1. The molecule has 166 valence electrons. The van der Waals surface area contributed by atoms with Crippen molar-refractivity contribution in [3.8, 4) is 0 Å². The van der Waals surface area contributed by atoms with Crippen molar-refractivity contribution in [3.63, 3.8) is 0 Å². The summed E-state index contributed by atoms with van der Waals surface area (Å²) < 4.78 is 0. The van der Waals surface area contributed by atoms with Crippen LogP contribution in [0, 0.1) is 5.92 Å². The van der Waals surface area contributed by atoms with Crippen molar-refractivity contribution in [2.45, 2.75) is 114 Å². The smallest absolute Gasteiger partial charge is 0.166 e. The molecule has 4 rings (SSSR count). The molecule has 0 radical (unpaired) electrons. The molecule has 0 saturated heterocycles. The highest BCUT2D eigenvalue weighted by molar-refractivity contribution is 7.80. The normalized spacial score (nSPS) is 36.0. The van der Waals surface area contributed by atoms with E-state index >= 15 is 0 Å². The SMILES string of the molecule is CC(C)c1ccc2c(c1)CC[C@H]1[C@](C)(NC(=S)N[C@H]3CCCC[C@@H]3N)CCC[C@]21C. The highest BCUT2D eigenvalue weighted by Crippen LogP contribution is 2.53. The van der Waals surface area contributed by atoms with E-state index in [2.05, 4.69) is 56.5 Å². The molecule has 2 fully saturated rings. The molecular weight excluding hydrogens is 386 g/mol. The lowest BCUT2D eigenvalue weighted by molar-refractivity contribution is 0.0761. The zero-order valence-electron chi connectivity index (χ0n) is 19.4. The van der Waals surface area contributed by atoms with Crippen molar-refractivity contribution in [3.05, 3.63) is 34.9 Å². The van der Waals surface area contributed by atoms with Crippen molar-refractivity contribution in [1.82, 2.24) is 10.6 Å². The summed E-state index contributed by atoms with van der Waals surface area (Å²) in [5.74, 6) is 1.18. The Morgan fingerprint density at radius 2 is 1.87 bits per heavy atom. The van der Waals surface area contributed by atoms with Gasteiger partial charge in [-0.25, -0.2) is 0 Å². The molecule has 0 aromatic heterocycles. The standard InChI is InChI=1S/C26H41N3S/c1-17(2)18-10-12-20-19(16-18)11-13-23-25(20,3)14-7-15-26(23,4)29-24(30)28-22-9-6-5-8-21(22)27/h10,12,16-17,21-23H,5-9,11,13-15,27H2,1-4H3,(H2,28,29,30)/t21-,22-,23+,25+,26+/m0/s1. The number of fused-ring (bicyclic) bond motifs is 3. The van der Waals surface area contributed by atoms with Crippen LogP contribution >= 0.6 is 12.2 Å². The van der Waals surface area contributed by atoms with Gasteiger partial charge in [-0.15, -0.1) is 0 Å². The maximum atomic E-state index is 6.36. The Labute approximate surface area is 189 Å². The first-order chi connectivity index (χ1) is 14.2. The lowest BCUT2D eigenvalue weighted by Crippen LogP contribution is -2.64. The highest BCUT2D eigenvalue weighted by Gasteiger charge is 2.52. The van der Waals surface area contributed by atoms with Gasteiger partial charge in [0.15, 0.2) is 5.11 Å². The lowest BCUT2D eigenvalue weighted by atomic mass is 9.52. The number of rotatable bonds is 3.